The molecule has 0 spiro atoms. The van der Waals surface area contributed by atoms with Crippen LogP contribution in [-0.2, 0) is 0 Å². The maximum atomic E-state index is 14.0. The largest absolute Gasteiger partial charge is 0.368 e. The van der Waals surface area contributed by atoms with Crippen molar-refractivity contribution in [3.63, 3.8) is 0 Å². The normalized spacial score (nSPS) is 18.9. The molecule has 17 heavy (non-hydrogen) atoms. The van der Waals surface area contributed by atoms with Crippen LogP contribution in [0.1, 0.15) is 24.9 Å². The molecule has 2 nitrogen and oxygen atoms in total. The Bertz CT molecular complexity index is 374. The molecule has 0 bridgehead atoms. The van der Waals surface area contributed by atoms with Crippen LogP contribution in [0.4, 0.5) is 10.1 Å². The molecule has 1 aliphatic rings. The number of nitrogens with two attached hydrogens (primary N) is 1. The van der Waals surface area contributed by atoms with Crippen LogP contribution < -0.4 is 10.6 Å². The highest BCUT2D eigenvalue weighted by molar-refractivity contribution is 7.99. The van der Waals surface area contributed by atoms with Gasteiger partial charge in [-0.1, -0.05) is 6.07 Å². The average molecular weight is 254 g/mol. The van der Waals surface area contributed by atoms with E-state index in [0.717, 1.165) is 36.5 Å². The number of benzene rings is 1. The third kappa shape index (κ3) is 3.13. The summed E-state index contributed by atoms with van der Waals surface area (Å²) >= 11 is 1.94. The summed E-state index contributed by atoms with van der Waals surface area (Å²) in [5, 5.41) is 0. The fourth-order valence-electron chi connectivity index (χ4n) is 2.05. The Morgan fingerprint density at radius 3 is 2.88 bits per heavy atom. The summed E-state index contributed by atoms with van der Waals surface area (Å²) in [7, 11) is 0. The van der Waals surface area contributed by atoms with Gasteiger partial charge in [0.1, 0.15) is 5.82 Å². The third-order valence-electron chi connectivity index (χ3n) is 3.06. The first kappa shape index (κ1) is 12.7. The monoisotopic (exact) mass is 254 g/mol. The van der Waals surface area contributed by atoms with Gasteiger partial charge in [-0.15, -0.1) is 0 Å². The number of halogens is 1. The molecule has 1 atom stereocenters. The molecule has 1 fully saturated rings. The minimum absolute atomic E-state index is 0.113. The van der Waals surface area contributed by atoms with Crippen LogP contribution in [0.15, 0.2) is 18.2 Å². The lowest BCUT2D eigenvalue weighted by Crippen LogP contribution is -2.26. The third-order valence-corrected chi connectivity index (χ3v) is 4.11. The van der Waals surface area contributed by atoms with Crippen molar-refractivity contribution in [2.24, 2.45) is 5.73 Å². The second-order valence-corrected chi connectivity index (χ2v) is 5.68. The zero-order valence-corrected chi connectivity index (χ0v) is 11.0. The number of hydrogen-bond acceptors (Lipinski definition) is 3. The van der Waals surface area contributed by atoms with Gasteiger partial charge in [-0.25, -0.2) is 4.39 Å². The topological polar surface area (TPSA) is 29.3 Å². The van der Waals surface area contributed by atoms with E-state index in [1.807, 2.05) is 30.8 Å². The number of nitrogens with zero attached hydrogens (tertiary/aromatic N) is 1. The highest BCUT2D eigenvalue weighted by Crippen LogP contribution is 2.24. The molecule has 1 saturated heterocycles. The number of thioether (sulfide) groups is 1. The Morgan fingerprint density at radius 2 is 2.18 bits per heavy atom. The lowest BCUT2D eigenvalue weighted by Gasteiger charge is -2.23. The molecule has 2 rings (SSSR count). The summed E-state index contributed by atoms with van der Waals surface area (Å²) in [5.41, 5.74) is 7.33. The summed E-state index contributed by atoms with van der Waals surface area (Å²) in [6, 6.07) is 5.25. The molecule has 0 saturated carbocycles. The van der Waals surface area contributed by atoms with Gasteiger partial charge in [-0.3, -0.25) is 0 Å². The number of anilines is 1. The molecule has 0 unspecified atom stereocenters. The van der Waals surface area contributed by atoms with E-state index in [-0.39, 0.29) is 11.9 Å². The van der Waals surface area contributed by atoms with Crippen molar-refractivity contribution < 1.29 is 4.39 Å². The lowest BCUT2D eigenvalue weighted by atomic mass is 10.1. The fraction of sp³-hybridized carbons (Fsp3) is 0.538. The summed E-state index contributed by atoms with van der Waals surface area (Å²) < 4.78 is 14.0. The van der Waals surface area contributed by atoms with Crippen LogP contribution in [-0.4, -0.2) is 24.6 Å². The van der Waals surface area contributed by atoms with Gasteiger partial charge < -0.3 is 10.6 Å². The zero-order valence-electron chi connectivity index (χ0n) is 10.2. The predicted octanol–water partition coefficient (Wildman–Crippen LogP) is 2.79. The summed E-state index contributed by atoms with van der Waals surface area (Å²) in [6.45, 7) is 3.75. The van der Waals surface area contributed by atoms with Crippen LogP contribution >= 0.6 is 11.8 Å². The van der Waals surface area contributed by atoms with Crippen molar-refractivity contribution >= 4 is 17.4 Å². The minimum atomic E-state index is -0.147. The van der Waals surface area contributed by atoms with Gasteiger partial charge in [-0.2, -0.15) is 11.8 Å². The number of rotatable bonds is 2. The van der Waals surface area contributed by atoms with Crippen LogP contribution in [0.25, 0.3) is 0 Å². The first-order chi connectivity index (χ1) is 8.18. The van der Waals surface area contributed by atoms with Gasteiger partial charge in [-0.05, 0) is 36.8 Å². The van der Waals surface area contributed by atoms with E-state index in [1.54, 1.807) is 6.07 Å². The fourth-order valence-corrected chi connectivity index (χ4v) is 2.94. The zero-order chi connectivity index (χ0) is 12.3. The van der Waals surface area contributed by atoms with Crippen molar-refractivity contribution in [2.75, 3.05) is 29.5 Å². The van der Waals surface area contributed by atoms with E-state index < -0.39 is 0 Å². The van der Waals surface area contributed by atoms with E-state index in [1.165, 1.54) is 5.75 Å². The summed E-state index contributed by atoms with van der Waals surface area (Å²) in [4.78, 5) is 2.14. The molecular formula is C13H19FN2S. The molecule has 0 aliphatic carbocycles. The van der Waals surface area contributed by atoms with Crippen LogP contribution in [0, 0.1) is 5.82 Å². The van der Waals surface area contributed by atoms with E-state index in [4.69, 9.17) is 5.73 Å². The Balaban J connectivity index is 2.19. The highest BCUT2D eigenvalue weighted by atomic mass is 32.2. The van der Waals surface area contributed by atoms with Gasteiger partial charge >= 0.3 is 0 Å². The van der Waals surface area contributed by atoms with Crippen molar-refractivity contribution in [1.29, 1.82) is 0 Å². The molecule has 1 aromatic carbocycles. The Labute approximate surface area is 106 Å². The van der Waals surface area contributed by atoms with Crippen molar-refractivity contribution in [3.8, 4) is 0 Å². The quantitative estimate of drug-likeness (QED) is 0.880. The van der Waals surface area contributed by atoms with Gasteiger partial charge in [0.2, 0.25) is 0 Å². The second-order valence-electron chi connectivity index (χ2n) is 4.45. The Kier molecular flexibility index (Phi) is 4.29. The van der Waals surface area contributed by atoms with Crippen molar-refractivity contribution in [2.45, 2.75) is 19.4 Å². The van der Waals surface area contributed by atoms with Crippen molar-refractivity contribution in [1.82, 2.24) is 0 Å². The van der Waals surface area contributed by atoms with Crippen LogP contribution in [0.2, 0.25) is 0 Å². The standard InChI is InChI=1S/C13H19FN2S/c1-10(15)11-3-4-13(12(14)9-11)16-5-2-7-17-8-6-16/h3-4,9-10H,2,5-8,15H2,1H3/t10-/m1/s1. The van der Waals surface area contributed by atoms with E-state index >= 15 is 0 Å². The van der Waals surface area contributed by atoms with Crippen LogP contribution in [0.5, 0.6) is 0 Å². The summed E-state index contributed by atoms with van der Waals surface area (Å²) in [5.74, 6) is 2.11. The smallest absolute Gasteiger partial charge is 0.146 e. The molecule has 1 aromatic rings. The summed E-state index contributed by atoms with van der Waals surface area (Å²) in [6.07, 6.45) is 1.12. The van der Waals surface area contributed by atoms with Gasteiger partial charge in [0.05, 0.1) is 5.69 Å². The van der Waals surface area contributed by atoms with Gasteiger partial charge in [0.25, 0.3) is 0 Å². The molecule has 4 heteroatoms. The minimum Gasteiger partial charge on any atom is -0.368 e. The lowest BCUT2D eigenvalue weighted by molar-refractivity contribution is 0.613. The molecule has 1 heterocycles. The molecular weight excluding hydrogens is 235 g/mol. The first-order valence-electron chi connectivity index (χ1n) is 6.06. The highest BCUT2D eigenvalue weighted by Gasteiger charge is 2.14. The maximum Gasteiger partial charge on any atom is 0.146 e. The molecule has 1 aliphatic heterocycles. The molecule has 2 N–H and O–H groups in total. The first-order valence-corrected chi connectivity index (χ1v) is 7.21. The predicted molar refractivity (Wildman–Crippen MR) is 73.2 cm³/mol. The number of hydrogen-bond donors (Lipinski definition) is 1. The molecule has 0 amide bonds. The second kappa shape index (κ2) is 5.74. The SMILES string of the molecule is C[C@@H](N)c1ccc(N2CCCSCC2)c(F)c1. The maximum absolute atomic E-state index is 14.0. The molecule has 0 radical (unpaired) electrons. The van der Waals surface area contributed by atoms with Crippen LogP contribution in [0.3, 0.4) is 0 Å². The Hall–Kier alpha value is -0.740. The van der Waals surface area contributed by atoms with E-state index in [0.29, 0.717) is 0 Å². The Morgan fingerprint density at radius 1 is 1.35 bits per heavy atom. The average Bonchev–Trinajstić information content (AvgIpc) is 2.57. The van der Waals surface area contributed by atoms with Gasteiger partial charge in [0.15, 0.2) is 0 Å². The van der Waals surface area contributed by atoms with Crippen molar-refractivity contribution in [3.05, 3.63) is 29.6 Å². The van der Waals surface area contributed by atoms with E-state index in [2.05, 4.69) is 4.90 Å². The molecule has 94 valence electrons. The molecule has 0 aromatic heterocycles. The van der Waals surface area contributed by atoms with Gasteiger partial charge in [0, 0.05) is 24.9 Å². The van der Waals surface area contributed by atoms with E-state index in [9.17, 15) is 4.39 Å².